The maximum absolute atomic E-state index is 11.1. The number of hydrogen-bond acceptors (Lipinski definition) is 3. The Morgan fingerprint density at radius 1 is 1.73 bits per heavy atom. The zero-order chi connectivity index (χ0) is 11.9. The summed E-state index contributed by atoms with van der Waals surface area (Å²) in [6.45, 7) is 7.58. The lowest BCUT2D eigenvalue weighted by Gasteiger charge is -2.27. The van der Waals surface area contributed by atoms with Crippen LogP contribution in [0.4, 0.5) is 0 Å². The fourth-order valence-corrected chi connectivity index (χ4v) is 1.14. The molecule has 0 aliphatic rings. The molecule has 0 aromatic heterocycles. The maximum Gasteiger partial charge on any atom is 0.237 e. The molecule has 2 atom stereocenters. The van der Waals surface area contributed by atoms with Crippen molar-refractivity contribution in [3.05, 3.63) is 12.7 Å². The van der Waals surface area contributed by atoms with Crippen molar-refractivity contribution in [2.24, 2.45) is 5.73 Å². The smallest absolute Gasteiger partial charge is 0.237 e. The second-order valence-electron chi connectivity index (χ2n) is 3.95. The topological polar surface area (TPSA) is 75.3 Å². The molecule has 0 heterocycles. The first-order valence-electron chi connectivity index (χ1n) is 5.30. The third-order valence-electron chi connectivity index (χ3n) is 2.68. The van der Waals surface area contributed by atoms with E-state index in [1.165, 1.54) is 0 Å². The summed E-state index contributed by atoms with van der Waals surface area (Å²) in [5, 5.41) is 12.6. The van der Waals surface area contributed by atoms with Gasteiger partial charge in [-0.15, -0.1) is 6.58 Å². The molecule has 4 N–H and O–H groups in total. The highest BCUT2D eigenvalue weighted by molar-refractivity contribution is 5.84. The van der Waals surface area contributed by atoms with Crippen LogP contribution in [-0.2, 0) is 4.79 Å². The molecule has 0 saturated heterocycles. The lowest BCUT2D eigenvalue weighted by molar-refractivity contribution is -0.124. The van der Waals surface area contributed by atoms with Crippen molar-refractivity contribution in [1.82, 2.24) is 5.32 Å². The van der Waals surface area contributed by atoms with Crippen LogP contribution in [0.3, 0.4) is 0 Å². The molecule has 0 aromatic carbocycles. The average Bonchev–Trinajstić information content (AvgIpc) is 2.22. The number of nitrogens with one attached hydrogen (secondary N) is 1. The summed E-state index contributed by atoms with van der Waals surface area (Å²) >= 11 is 0. The van der Waals surface area contributed by atoms with Crippen LogP contribution in [0, 0.1) is 0 Å². The first-order chi connectivity index (χ1) is 6.96. The van der Waals surface area contributed by atoms with Crippen molar-refractivity contribution >= 4 is 5.91 Å². The largest absolute Gasteiger partial charge is 0.392 e. The van der Waals surface area contributed by atoms with E-state index in [0.717, 1.165) is 6.42 Å². The number of carbonyl (C=O) groups excluding carboxylic acids is 1. The van der Waals surface area contributed by atoms with Crippen molar-refractivity contribution in [1.29, 1.82) is 0 Å². The molecular weight excluding hydrogens is 192 g/mol. The van der Waals surface area contributed by atoms with Gasteiger partial charge in [-0.1, -0.05) is 13.0 Å². The van der Waals surface area contributed by atoms with E-state index in [9.17, 15) is 9.90 Å². The minimum Gasteiger partial charge on any atom is -0.392 e. The summed E-state index contributed by atoms with van der Waals surface area (Å²) in [4.78, 5) is 11.1. The van der Waals surface area contributed by atoms with Gasteiger partial charge < -0.3 is 16.2 Å². The molecule has 0 fully saturated rings. The monoisotopic (exact) mass is 214 g/mol. The second-order valence-corrected chi connectivity index (χ2v) is 3.95. The van der Waals surface area contributed by atoms with Gasteiger partial charge in [0.15, 0.2) is 0 Å². The van der Waals surface area contributed by atoms with Gasteiger partial charge in [0.1, 0.15) is 0 Å². The van der Waals surface area contributed by atoms with E-state index in [0.29, 0.717) is 19.4 Å². The molecule has 4 nitrogen and oxygen atoms in total. The molecule has 0 aromatic rings. The summed E-state index contributed by atoms with van der Waals surface area (Å²) < 4.78 is 0. The van der Waals surface area contributed by atoms with Crippen LogP contribution < -0.4 is 11.1 Å². The standard InChI is InChI=1S/C11H22N2O2/c1-4-6-7-9(14)8-13-11(3,5-2)10(12)15/h4,9,13-14H,1,5-8H2,2-3H3,(H2,12,15). The van der Waals surface area contributed by atoms with Gasteiger partial charge in [-0.05, 0) is 26.2 Å². The summed E-state index contributed by atoms with van der Waals surface area (Å²) in [7, 11) is 0. The quantitative estimate of drug-likeness (QED) is 0.517. The zero-order valence-corrected chi connectivity index (χ0v) is 9.62. The van der Waals surface area contributed by atoms with E-state index in [1.807, 2.05) is 6.92 Å². The van der Waals surface area contributed by atoms with Crippen molar-refractivity contribution in [3.8, 4) is 0 Å². The molecule has 1 amide bonds. The Bertz CT molecular complexity index is 219. The third kappa shape index (κ3) is 4.95. The summed E-state index contributed by atoms with van der Waals surface area (Å²) in [6, 6.07) is 0. The summed E-state index contributed by atoms with van der Waals surface area (Å²) in [6.07, 6.45) is 3.32. The number of rotatable bonds is 8. The minimum atomic E-state index is -0.727. The number of allylic oxidation sites excluding steroid dienone is 1. The van der Waals surface area contributed by atoms with Gasteiger partial charge >= 0.3 is 0 Å². The Labute approximate surface area is 91.5 Å². The van der Waals surface area contributed by atoms with Gasteiger partial charge in [0.05, 0.1) is 11.6 Å². The SMILES string of the molecule is C=CCCC(O)CNC(C)(CC)C(N)=O. The molecule has 0 spiro atoms. The third-order valence-corrected chi connectivity index (χ3v) is 2.68. The van der Waals surface area contributed by atoms with E-state index in [2.05, 4.69) is 11.9 Å². The van der Waals surface area contributed by atoms with Gasteiger partial charge in [-0.2, -0.15) is 0 Å². The number of hydrogen-bond donors (Lipinski definition) is 3. The van der Waals surface area contributed by atoms with Crippen LogP contribution in [-0.4, -0.2) is 29.2 Å². The number of nitrogens with two attached hydrogens (primary N) is 1. The van der Waals surface area contributed by atoms with Gasteiger partial charge in [0, 0.05) is 6.54 Å². The van der Waals surface area contributed by atoms with Crippen LogP contribution in [0.15, 0.2) is 12.7 Å². The van der Waals surface area contributed by atoms with Crippen LogP contribution in [0.1, 0.15) is 33.1 Å². The highest BCUT2D eigenvalue weighted by Gasteiger charge is 2.28. The number of aliphatic hydroxyl groups is 1. The molecule has 0 aliphatic carbocycles. The van der Waals surface area contributed by atoms with Gasteiger partial charge in [-0.25, -0.2) is 0 Å². The molecule has 15 heavy (non-hydrogen) atoms. The Morgan fingerprint density at radius 3 is 2.73 bits per heavy atom. The Kier molecular flexibility index (Phi) is 6.20. The predicted molar refractivity (Wildman–Crippen MR) is 61.3 cm³/mol. The van der Waals surface area contributed by atoms with Crippen LogP contribution in [0.5, 0.6) is 0 Å². The fraction of sp³-hybridized carbons (Fsp3) is 0.727. The molecule has 0 bridgehead atoms. The predicted octanol–water partition coefficient (Wildman–Crippen LogP) is 0.557. The average molecular weight is 214 g/mol. The lowest BCUT2D eigenvalue weighted by Crippen LogP contribution is -2.54. The molecule has 4 heteroatoms. The second kappa shape index (κ2) is 6.58. The van der Waals surface area contributed by atoms with E-state index < -0.39 is 11.6 Å². The Morgan fingerprint density at radius 2 is 2.33 bits per heavy atom. The highest BCUT2D eigenvalue weighted by atomic mass is 16.3. The lowest BCUT2D eigenvalue weighted by atomic mass is 9.97. The van der Waals surface area contributed by atoms with Crippen LogP contribution in [0.2, 0.25) is 0 Å². The zero-order valence-electron chi connectivity index (χ0n) is 9.62. The summed E-state index contributed by atoms with van der Waals surface area (Å²) in [5.74, 6) is -0.388. The number of carbonyl (C=O) groups is 1. The van der Waals surface area contributed by atoms with Gasteiger partial charge in [0.2, 0.25) is 5.91 Å². The van der Waals surface area contributed by atoms with Crippen molar-refractivity contribution in [2.45, 2.75) is 44.8 Å². The first-order valence-corrected chi connectivity index (χ1v) is 5.30. The Hall–Kier alpha value is -0.870. The molecule has 0 radical (unpaired) electrons. The normalized spacial score (nSPS) is 16.7. The van der Waals surface area contributed by atoms with Crippen molar-refractivity contribution in [3.63, 3.8) is 0 Å². The van der Waals surface area contributed by atoms with E-state index in [4.69, 9.17) is 5.73 Å². The fourth-order valence-electron chi connectivity index (χ4n) is 1.14. The van der Waals surface area contributed by atoms with E-state index >= 15 is 0 Å². The molecule has 0 rings (SSSR count). The molecule has 2 unspecified atom stereocenters. The minimum absolute atomic E-state index is 0.376. The van der Waals surface area contributed by atoms with Crippen molar-refractivity contribution in [2.75, 3.05) is 6.54 Å². The van der Waals surface area contributed by atoms with Crippen LogP contribution in [0.25, 0.3) is 0 Å². The molecular formula is C11H22N2O2. The number of primary amides is 1. The van der Waals surface area contributed by atoms with E-state index in [1.54, 1.807) is 13.0 Å². The summed E-state index contributed by atoms with van der Waals surface area (Å²) in [5.41, 5.74) is 4.54. The van der Waals surface area contributed by atoms with E-state index in [-0.39, 0.29) is 5.91 Å². The first kappa shape index (κ1) is 14.1. The van der Waals surface area contributed by atoms with Gasteiger partial charge in [0.25, 0.3) is 0 Å². The highest BCUT2D eigenvalue weighted by Crippen LogP contribution is 2.08. The van der Waals surface area contributed by atoms with Gasteiger partial charge in [-0.3, -0.25) is 4.79 Å². The number of aliphatic hydroxyl groups excluding tert-OH is 1. The van der Waals surface area contributed by atoms with Crippen LogP contribution >= 0.6 is 0 Å². The van der Waals surface area contributed by atoms with Crippen molar-refractivity contribution < 1.29 is 9.90 Å². The number of amides is 1. The maximum atomic E-state index is 11.1. The molecule has 88 valence electrons. The molecule has 0 saturated carbocycles. The Balaban J connectivity index is 4.00. The molecule has 0 aliphatic heterocycles. The number of β-amino-alcohol motifs (C(OH)–C–C–N with tert-alkyl or cyclic N) is 1.